The second-order valence-corrected chi connectivity index (χ2v) is 11.5. The van der Waals surface area contributed by atoms with Gasteiger partial charge in [0.2, 0.25) is 0 Å². The Hall–Kier alpha value is -1.45. The van der Waals surface area contributed by atoms with Crippen LogP contribution in [0.5, 0.6) is 0 Å². The third kappa shape index (κ3) is 4.44. The molecule has 5 aliphatic heterocycles. The number of rotatable bonds is 5. The fraction of sp³-hybridized carbons (Fsp3) is 0.840. The smallest absolute Gasteiger partial charge is 0.156 e. The van der Waals surface area contributed by atoms with E-state index in [1.165, 1.54) is 92.8 Å². The first kappa shape index (κ1) is 23.0. The van der Waals surface area contributed by atoms with Crippen LogP contribution in [0.2, 0.25) is 0 Å². The lowest BCUT2D eigenvalue weighted by molar-refractivity contribution is 0.123. The molecule has 1 N–H and O–H groups in total. The summed E-state index contributed by atoms with van der Waals surface area (Å²) in [6.07, 6.45) is 6.61. The number of nitrogens with zero attached hydrogens (tertiary/aromatic N) is 6. The predicted octanol–water partition coefficient (Wildman–Crippen LogP) is 2.01. The van der Waals surface area contributed by atoms with Gasteiger partial charge in [-0.05, 0) is 32.1 Å². The molecular weight excluding hydrogens is 446 g/mol. The number of hydrogen-bond acceptors (Lipinski definition) is 8. The first-order chi connectivity index (χ1) is 16.9. The summed E-state index contributed by atoms with van der Waals surface area (Å²) >= 11 is 2.11. The standard InChI is InChI=1S/C25H43N7OS/c1-2-8-29(9-3-1)24-22(27-14-18-33-19-15-27)23(28-16-20-34-21-17-28)25(30-12-6-26-7-13-30)32(24)31-10-4-5-11-31/h26H,1-21H2. The molecule has 34 heavy (non-hydrogen) atoms. The number of anilines is 4. The molecule has 5 saturated heterocycles. The van der Waals surface area contributed by atoms with E-state index in [4.69, 9.17) is 4.74 Å². The van der Waals surface area contributed by atoms with Crippen molar-refractivity contribution in [3.63, 3.8) is 0 Å². The van der Waals surface area contributed by atoms with Crippen LogP contribution in [0.4, 0.5) is 23.0 Å². The molecule has 5 aliphatic rings. The van der Waals surface area contributed by atoms with Gasteiger partial charge in [0.15, 0.2) is 11.6 Å². The van der Waals surface area contributed by atoms with Gasteiger partial charge in [-0.1, -0.05) is 0 Å². The summed E-state index contributed by atoms with van der Waals surface area (Å²) in [4.78, 5) is 10.9. The largest absolute Gasteiger partial charge is 0.378 e. The highest BCUT2D eigenvalue weighted by molar-refractivity contribution is 7.99. The topological polar surface area (TPSA) is 42.4 Å². The van der Waals surface area contributed by atoms with Gasteiger partial charge in [0.1, 0.15) is 11.4 Å². The molecule has 0 amide bonds. The third-order valence-electron chi connectivity index (χ3n) is 8.14. The molecule has 0 atom stereocenters. The highest BCUT2D eigenvalue weighted by atomic mass is 32.2. The van der Waals surface area contributed by atoms with Gasteiger partial charge in [-0.3, -0.25) is 0 Å². The molecule has 0 bridgehead atoms. The van der Waals surface area contributed by atoms with E-state index in [1.807, 2.05) is 0 Å². The van der Waals surface area contributed by atoms with Crippen LogP contribution >= 0.6 is 11.8 Å². The second-order valence-electron chi connectivity index (χ2n) is 10.3. The molecule has 0 spiro atoms. The predicted molar refractivity (Wildman–Crippen MR) is 145 cm³/mol. The number of nitrogens with one attached hydrogen (secondary N) is 1. The van der Waals surface area contributed by atoms with Crippen LogP contribution in [-0.4, -0.2) is 108 Å². The monoisotopic (exact) mass is 489 g/mol. The van der Waals surface area contributed by atoms with Crippen molar-refractivity contribution in [1.29, 1.82) is 0 Å². The Bertz CT molecular complexity index is 745. The van der Waals surface area contributed by atoms with Crippen LogP contribution in [0, 0.1) is 0 Å². The Balaban J connectivity index is 1.56. The van der Waals surface area contributed by atoms with Crippen molar-refractivity contribution in [2.75, 3.05) is 128 Å². The van der Waals surface area contributed by atoms with Crippen LogP contribution in [-0.2, 0) is 4.74 Å². The summed E-state index contributed by atoms with van der Waals surface area (Å²) in [5, 5.41) is 6.29. The van der Waals surface area contributed by atoms with E-state index < -0.39 is 0 Å². The normalized spacial score (nSPS) is 24.9. The highest BCUT2D eigenvalue weighted by Crippen LogP contribution is 2.51. The SMILES string of the molecule is C1CCN(c2c(N3CCOCC3)c(N3CCSCC3)c(N3CCNCC3)n2N2CCCC2)CC1. The van der Waals surface area contributed by atoms with E-state index in [0.29, 0.717) is 0 Å². The van der Waals surface area contributed by atoms with Crippen LogP contribution in [0.25, 0.3) is 0 Å². The maximum atomic E-state index is 5.84. The Morgan fingerprint density at radius 2 is 1.12 bits per heavy atom. The number of hydrogen-bond donors (Lipinski definition) is 1. The van der Waals surface area contributed by atoms with E-state index >= 15 is 0 Å². The Morgan fingerprint density at radius 1 is 0.559 bits per heavy atom. The van der Waals surface area contributed by atoms with Gasteiger partial charge in [-0.25, -0.2) is 4.68 Å². The van der Waals surface area contributed by atoms with Gasteiger partial charge in [0.05, 0.1) is 13.2 Å². The van der Waals surface area contributed by atoms with Crippen molar-refractivity contribution in [3.8, 4) is 0 Å². The zero-order valence-corrected chi connectivity index (χ0v) is 21.7. The maximum absolute atomic E-state index is 5.84. The van der Waals surface area contributed by atoms with Gasteiger partial charge < -0.3 is 34.7 Å². The lowest BCUT2D eigenvalue weighted by atomic mass is 10.1. The van der Waals surface area contributed by atoms with Gasteiger partial charge in [0.25, 0.3) is 0 Å². The Morgan fingerprint density at radius 3 is 1.76 bits per heavy atom. The lowest BCUT2D eigenvalue weighted by Gasteiger charge is -2.38. The first-order valence-corrected chi connectivity index (χ1v) is 15.0. The second kappa shape index (κ2) is 10.7. The van der Waals surface area contributed by atoms with Gasteiger partial charge in [0, 0.05) is 90.0 Å². The highest BCUT2D eigenvalue weighted by Gasteiger charge is 2.38. The molecule has 0 radical (unpaired) electrons. The van der Waals surface area contributed by atoms with Gasteiger partial charge in [-0.15, -0.1) is 0 Å². The summed E-state index contributed by atoms with van der Waals surface area (Å²) < 4.78 is 8.56. The minimum Gasteiger partial charge on any atom is -0.378 e. The van der Waals surface area contributed by atoms with Crippen LogP contribution in [0.15, 0.2) is 0 Å². The average molecular weight is 490 g/mol. The molecule has 6 rings (SSSR count). The van der Waals surface area contributed by atoms with Crippen molar-refractivity contribution in [3.05, 3.63) is 0 Å². The number of thioether (sulfide) groups is 1. The van der Waals surface area contributed by atoms with Crippen molar-refractivity contribution >= 4 is 34.8 Å². The molecule has 1 aromatic rings. The molecule has 8 nitrogen and oxygen atoms in total. The van der Waals surface area contributed by atoms with E-state index in [2.05, 4.69) is 46.4 Å². The van der Waals surface area contributed by atoms with Crippen LogP contribution in [0.3, 0.4) is 0 Å². The maximum Gasteiger partial charge on any atom is 0.156 e. The van der Waals surface area contributed by atoms with E-state index in [-0.39, 0.29) is 0 Å². The molecule has 0 saturated carbocycles. The summed E-state index contributed by atoms with van der Waals surface area (Å²) in [5.74, 6) is 5.44. The average Bonchev–Trinajstić information content (AvgIpc) is 3.57. The van der Waals surface area contributed by atoms with Crippen molar-refractivity contribution in [2.45, 2.75) is 32.1 Å². The fourth-order valence-corrected chi connectivity index (χ4v) is 7.29. The molecule has 1 aromatic heterocycles. The molecule has 9 heteroatoms. The molecule has 0 aliphatic carbocycles. The van der Waals surface area contributed by atoms with E-state index in [9.17, 15) is 0 Å². The zero-order valence-electron chi connectivity index (χ0n) is 20.8. The number of piperazine rings is 1. The number of ether oxygens (including phenoxy) is 1. The van der Waals surface area contributed by atoms with Crippen molar-refractivity contribution in [1.82, 2.24) is 9.99 Å². The minimum atomic E-state index is 0.840. The molecular formula is C25H43N7OS. The molecule has 5 fully saturated rings. The summed E-state index contributed by atoms with van der Waals surface area (Å²) in [6, 6.07) is 0. The minimum absolute atomic E-state index is 0.840. The first-order valence-electron chi connectivity index (χ1n) is 13.8. The van der Waals surface area contributed by atoms with Crippen LogP contribution in [0.1, 0.15) is 32.1 Å². The number of aromatic nitrogens is 1. The number of piperidine rings is 1. The molecule has 0 aromatic carbocycles. The summed E-state index contributed by atoms with van der Waals surface area (Å²) in [7, 11) is 0. The molecule has 190 valence electrons. The van der Waals surface area contributed by atoms with E-state index in [0.717, 1.165) is 65.6 Å². The van der Waals surface area contributed by atoms with Crippen molar-refractivity contribution < 1.29 is 4.74 Å². The lowest BCUT2D eigenvalue weighted by Crippen LogP contribution is -2.47. The molecule has 0 unspecified atom stereocenters. The van der Waals surface area contributed by atoms with Crippen molar-refractivity contribution in [2.24, 2.45) is 0 Å². The quantitative estimate of drug-likeness (QED) is 0.674. The zero-order chi connectivity index (χ0) is 22.7. The van der Waals surface area contributed by atoms with Crippen LogP contribution < -0.4 is 29.9 Å². The summed E-state index contributed by atoms with van der Waals surface area (Å²) in [5.41, 5.74) is 3.04. The summed E-state index contributed by atoms with van der Waals surface area (Å²) in [6.45, 7) is 15.1. The van der Waals surface area contributed by atoms with Gasteiger partial charge >= 0.3 is 0 Å². The van der Waals surface area contributed by atoms with E-state index in [1.54, 1.807) is 0 Å². The Kier molecular flexibility index (Phi) is 7.21. The van der Waals surface area contributed by atoms with Gasteiger partial charge in [-0.2, -0.15) is 11.8 Å². The fourth-order valence-electron chi connectivity index (χ4n) is 6.39. The Labute approximate surface area is 209 Å². The molecule has 6 heterocycles. The number of morpholine rings is 1. The third-order valence-corrected chi connectivity index (χ3v) is 9.08.